The van der Waals surface area contributed by atoms with E-state index < -0.39 is 5.54 Å². The van der Waals surface area contributed by atoms with E-state index >= 15 is 0 Å². The van der Waals surface area contributed by atoms with E-state index in [4.69, 9.17) is 5.73 Å². The van der Waals surface area contributed by atoms with Crippen LogP contribution in [-0.4, -0.2) is 23.2 Å². The molecule has 4 heteroatoms. The van der Waals surface area contributed by atoms with E-state index in [1.165, 1.54) is 10.5 Å². The van der Waals surface area contributed by atoms with Gasteiger partial charge in [-0.15, -0.1) is 11.8 Å². The van der Waals surface area contributed by atoms with Crippen molar-refractivity contribution in [3.8, 4) is 0 Å². The molecular formula is C16H26N2OS. The lowest BCUT2D eigenvalue weighted by Gasteiger charge is -2.29. The molecule has 0 saturated carbocycles. The molecule has 0 fully saturated rings. The lowest BCUT2D eigenvalue weighted by molar-refractivity contribution is -0.124. The lowest BCUT2D eigenvalue weighted by Crippen LogP contribution is -2.55. The molecule has 0 aromatic heterocycles. The highest BCUT2D eigenvalue weighted by Gasteiger charge is 2.30. The number of nitrogens with one attached hydrogen (secondary N) is 1. The minimum atomic E-state index is -0.611. The zero-order valence-electron chi connectivity index (χ0n) is 12.9. The standard InChI is InChI=1S/C16H26N2OS/c1-12(2)18-16(4,15(17)19)10-7-11-20-14-9-6-5-8-13(14)3/h5-6,8-9,12,18H,7,10-11H2,1-4H3,(H2,17,19). The Balaban J connectivity index is 2.46. The molecule has 3 nitrogen and oxygen atoms in total. The molecule has 3 N–H and O–H groups in total. The highest BCUT2D eigenvalue weighted by Crippen LogP contribution is 2.24. The maximum Gasteiger partial charge on any atom is 0.237 e. The van der Waals surface area contributed by atoms with E-state index in [9.17, 15) is 4.79 Å². The van der Waals surface area contributed by atoms with Crippen LogP contribution in [0.15, 0.2) is 29.2 Å². The number of hydrogen-bond donors (Lipinski definition) is 2. The maximum absolute atomic E-state index is 11.6. The first-order chi connectivity index (χ1) is 9.35. The Morgan fingerprint density at radius 3 is 2.60 bits per heavy atom. The number of primary amides is 1. The summed E-state index contributed by atoms with van der Waals surface area (Å²) in [5.41, 5.74) is 6.22. The van der Waals surface area contributed by atoms with Crippen LogP contribution in [0.3, 0.4) is 0 Å². The summed E-state index contributed by atoms with van der Waals surface area (Å²) in [5.74, 6) is 0.722. The summed E-state index contributed by atoms with van der Waals surface area (Å²) in [6.07, 6.45) is 1.72. The highest BCUT2D eigenvalue weighted by molar-refractivity contribution is 7.99. The summed E-state index contributed by atoms with van der Waals surface area (Å²) < 4.78 is 0. The van der Waals surface area contributed by atoms with E-state index in [1.807, 2.05) is 32.5 Å². The monoisotopic (exact) mass is 294 g/mol. The number of carbonyl (C=O) groups excluding carboxylic acids is 1. The van der Waals surface area contributed by atoms with Gasteiger partial charge in [-0.05, 0) is 57.9 Å². The van der Waals surface area contributed by atoms with Gasteiger partial charge in [0.15, 0.2) is 0 Å². The van der Waals surface area contributed by atoms with Gasteiger partial charge in [-0.1, -0.05) is 18.2 Å². The lowest BCUT2D eigenvalue weighted by atomic mass is 9.94. The van der Waals surface area contributed by atoms with Crippen molar-refractivity contribution in [1.29, 1.82) is 0 Å². The number of amides is 1. The molecule has 1 unspecified atom stereocenters. The van der Waals surface area contributed by atoms with E-state index in [-0.39, 0.29) is 11.9 Å². The Morgan fingerprint density at radius 1 is 1.40 bits per heavy atom. The molecule has 0 spiro atoms. The van der Waals surface area contributed by atoms with Crippen LogP contribution in [0.25, 0.3) is 0 Å². The van der Waals surface area contributed by atoms with Crippen LogP contribution in [0.4, 0.5) is 0 Å². The van der Waals surface area contributed by atoms with Gasteiger partial charge >= 0.3 is 0 Å². The Labute approximate surface area is 126 Å². The number of carbonyl (C=O) groups is 1. The summed E-state index contributed by atoms with van der Waals surface area (Å²) in [6, 6.07) is 8.62. The molecule has 0 aliphatic heterocycles. The van der Waals surface area contributed by atoms with Crippen molar-refractivity contribution in [3.05, 3.63) is 29.8 Å². The van der Waals surface area contributed by atoms with E-state index in [2.05, 4.69) is 36.5 Å². The summed E-state index contributed by atoms with van der Waals surface area (Å²) in [5, 5.41) is 3.28. The molecule has 0 aliphatic carbocycles. The summed E-state index contributed by atoms with van der Waals surface area (Å²) >= 11 is 1.84. The minimum absolute atomic E-state index is 0.247. The average molecular weight is 294 g/mol. The van der Waals surface area contributed by atoms with Gasteiger partial charge in [-0.2, -0.15) is 0 Å². The molecular weight excluding hydrogens is 268 g/mol. The van der Waals surface area contributed by atoms with Gasteiger partial charge < -0.3 is 11.1 Å². The summed E-state index contributed by atoms with van der Waals surface area (Å²) in [7, 11) is 0. The fraction of sp³-hybridized carbons (Fsp3) is 0.562. The van der Waals surface area contributed by atoms with Crippen molar-refractivity contribution in [2.75, 3.05) is 5.75 Å². The largest absolute Gasteiger partial charge is 0.368 e. The first-order valence-electron chi connectivity index (χ1n) is 7.11. The molecule has 20 heavy (non-hydrogen) atoms. The fourth-order valence-electron chi connectivity index (χ4n) is 2.23. The molecule has 0 aliphatic rings. The first-order valence-corrected chi connectivity index (χ1v) is 8.10. The van der Waals surface area contributed by atoms with Crippen molar-refractivity contribution in [2.45, 2.75) is 57.0 Å². The van der Waals surface area contributed by atoms with Crippen molar-refractivity contribution in [1.82, 2.24) is 5.32 Å². The van der Waals surface area contributed by atoms with Gasteiger partial charge in [0.1, 0.15) is 0 Å². The number of rotatable bonds is 8. The third-order valence-electron chi connectivity index (χ3n) is 3.32. The average Bonchev–Trinajstić information content (AvgIpc) is 2.35. The van der Waals surface area contributed by atoms with Crippen LogP contribution in [-0.2, 0) is 4.79 Å². The second kappa shape index (κ2) is 7.70. The Kier molecular flexibility index (Phi) is 6.56. The van der Waals surface area contributed by atoms with Crippen molar-refractivity contribution >= 4 is 17.7 Å². The Bertz CT molecular complexity index is 448. The number of benzene rings is 1. The van der Waals surface area contributed by atoms with Gasteiger partial charge in [0.25, 0.3) is 0 Å². The third kappa shape index (κ3) is 5.17. The van der Waals surface area contributed by atoms with Crippen LogP contribution >= 0.6 is 11.8 Å². The van der Waals surface area contributed by atoms with Gasteiger partial charge in [0.05, 0.1) is 5.54 Å². The molecule has 0 saturated heterocycles. The zero-order chi connectivity index (χ0) is 15.2. The number of thioether (sulfide) groups is 1. The van der Waals surface area contributed by atoms with Crippen LogP contribution < -0.4 is 11.1 Å². The van der Waals surface area contributed by atoms with Crippen molar-refractivity contribution in [2.24, 2.45) is 5.73 Å². The SMILES string of the molecule is Cc1ccccc1SCCCC(C)(NC(C)C)C(N)=O. The number of hydrogen-bond acceptors (Lipinski definition) is 3. The second-order valence-corrected chi connectivity index (χ2v) is 6.85. The van der Waals surface area contributed by atoms with Crippen LogP contribution in [0, 0.1) is 6.92 Å². The molecule has 1 rings (SSSR count). The van der Waals surface area contributed by atoms with Crippen LogP contribution in [0.5, 0.6) is 0 Å². The van der Waals surface area contributed by atoms with Gasteiger partial charge in [0, 0.05) is 10.9 Å². The van der Waals surface area contributed by atoms with Crippen LogP contribution in [0.2, 0.25) is 0 Å². The van der Waals surface area contributed by atoms with E-state index in [0.717, 1.165) is 18.6 Å². The fourth-order valence-corrected chi connectivity index (χ4v) is 3.21. The third-order valence-corrected chi connectivity index (χ3v) is 4.59. The highest BCUT2D eigenvalue weighted by atomic mass is 32.2. The van der Waals surface area contributed by atoms with E-state index in [1.54, 1.807) is 0 Å². The molecule has 1 atom stereocenters. The Morgan fingerprint density at radius 2 is 2.05 bits per heavy atom. The number of nitrogens with two attached hydrogens (primary N) is 1. The van der Waals surface area contributed by atoms with Gasteiger partial charge in [-0.25, -0.2) is 0 Å². The molecule has 1 aromatic rings. The Hall–Kier alpha value is -1.00. The summed E-state index contributed by atoms with van der Waals surface area (Å²) in [4.78, 5) is 12.9. The van der Waals surface area contributed by atoms with Gasteiger partial charge in [-0.3, -0.25) is 4.79 Å². The quantitative estimate of drug-likeness (QED) is 0.572. The zero-order valence-corrected chi connectivity index (χ0v) is 13.7. The van der Waals surface area contributed by atoms with Crippen molar-refractivity contribution in [3.63, 3.8) is 0 Å². The molecule has 0 radical (unpaired) electrons. The normalized spacial score (nSPS) is 14.2. The topological polar surface area (TPSA) is 55.1 Å². The predicted octanol–water partition coefficient (Wildman–Crippen LogP) is 3.11. The molecule has 1 aromatic carbocycles. The maximum atomic E-state index is 11.6. The van der Waals surface area contributed by atoms with E-state index in [0.29, 0.717) is 0 Å². The molecule has 0 bridgehead atoms. The van der Waals surface area contributed by atoms with Crippen LogP contribution in [0.1, 0.15) is 39.2 Å². The predicted molar refractivity (Wildman–Crippen MR) is 87.0 cm³/mol. The molecule has 0 heterocycles. The molecule has 112 valence electrons. The second-order valence-electron chi connectivity index (χ2n) is 5.71. The molecule has 1 amide bonds. The first kappa shape index (κ1) is 17.1. The minimum Gasteiger partial charge on any atom is -0.368 e. The number of aryl methyl sites for hydroxylation is 1. The smallest absolute Gasteiger partial charge is 0.237 e. The van der Waals surface area contributed by atoms with Crippen molar-refractivity contribution < 1.29 is 4.79 Å². The summed E-state index contributed by atoms with van der Waals surface area (Å²) in [6.45, 7) is 8.08. The van der Waals surface area contributed by atoms with Gasteiger partial charge in [0.2, 0.25) is 5.91 Å².